The summed E-state index contributed by atoms with van der Waals surface area (Å²) in [6.07, 6.45) is 3.98. The summed E-state index contributed by atoms with van der Waals surface area (Å²) in [6.45, 7) is 2.45. The number of amides is 1. The van der Waals surface area contributed by atoms with Crippen LogP contribution in [0.25, 0.3) is 0 Å². The summed E-state index contributed by atoms with van der Waals surface area (Å²) in [7, 11) is 0. The topological polar surface area (TPSA) is 69.2 Å². The fraction of sp³-hybridized carbons (Fsp3) is 0.286. The lowest BCUT2D eigenvalue weighted by atomic mass is 10.0. The number of carbonyl (C=O) groups excluding carboxylic acids is 1. The molecule has 3 rings (SSSR count). The van der Waals surface area contributed by atoms with Crippen LogP contribution in [0.4, 0.5) is 0 Å². The molecule has 2 aromatic rings. The Hall–Kier alpha value is -2.14. The Bertz CT molecular complexity index is 609. The minimum absolute atomic E-state index is 0.156. The van der Waals surface area contributed by atoms with Gasteiger partial charge < -0.3 is 10.1 Å². The predicted molar refractivity (Wildman–Crippen MR) is 69.4 cm³/mol. The molecule has 0 aliphatic carbocycles. The van der Waals surface area contributed by atoms with Crippen LogP contribution in [0.2, 0.25) is 0 Å². The summed E-state index contributed by atoms with van der Waals surface area (Å²) in [6, 6.07) is 7.12. The number of imidazole rings is 1. The van der Waals surface area contributed by atoms with Crippen molar-refractivity contribution in [2.24, 2.45) is 0 Å². The second-order valence-corrected chi connectivity index (χ2v) is 4.61. The highest BCUT2D eigenvalue weighted by Gasteiger charge is 2.51. The van der Waals surface area contributed by atoms with Crippen molar-refractivity contribution in [3.05, 3.63) is 53.6 Å². The van der Waals surface area contributed by atoms with Crippen molar-refractivity contribution in [2.75, 3.05) is 6.54 Å². The van der Waals surface area contributed by atoms with Crippen LogP contribution in [0.3, 0.4) is 0 Å². The van der Waals surface area contributed by atoms with Crippen LogP contribution in [0.1, 0.15) is 35.1 Å². The van der Waals surface area contributed by atoms with E-state index in [9.17, 15) is 9.90 Å². The van der Waals surface area contributed by atoms with Crippen LogP contribution in [-0.4, -0.2) is 32.4 Å². The summed E-state index contributed by atoms with van der Waals surface area (Å²) in [5, 5.41) is 11.1. The molecule has 1 aliphatic heterocycles. The zero-order chi connectivity index (χ0) is 13.5. The maximum absolute atomic E-state index is 12.4. The van der Waals surface area contributed by atoms with Gasteiger partial charge in [-0.15, -0.1) is 0 Å². The molecule has 1 unspecified atom stereocenters. The van der Waals surface area contributed by atoms with Crippen molar-refractivity contribution < 1.29 is 9.90 Å². The molecule has 98 valence electrons. The summed E-state index contributed by atoms with van der Waals surface area (Å²) < 4.78 is 0. The van der Waals surface area contributed by atoms with Crippen molar-refractivity contribution >= 4 is 5.91 Å². The number of hydrogen-bond donors (Lipinski definition) is 2. The Morgan fingerprint density at radius 2 is 2.21 bits per heavy atom. The molecule has 19 heavy (non-hydrogen) atoms. The molecule has 5 heteroatoms. The fourth-order valence-corrected chi connectivity index (χ4v) is 2.61. The first kappa shape index (κ1) is 11.9. The van der Waals surface area contributed by atoms with Crippen LogP contribution in [0, 0.1) is 0 Å². The molecule has 0 radical (unpaired) electrons. The van der Waals surface area contributed by atoms with Crippen molar-refractivity contribution in [1.82, 2.24) is 14.9 Å². The maximum atomic E-state index is 12.4. The van der Waals surface area contributed by atoms with Gasteiger partial charge in [0.1, 0.15) is 0 Å². The van der Waals surface area contributed by atoms with E-state index in [0.717, 1.165) is 6.42 Å². The quantitative estimate of drug-likeness (QED) is 0.874. The Balaban J connectivity index is 2.22. The highest BCUT2D eigenvalue weighted by molar-refractivity contribution is 6.00. The lowest BCUT2D eigenvalue weighted by molar-refractivity contribution is -0.0557. The number of aliphatic hydroxyl groups is 1. The van der Waals surface area contributed by atoms with Crippen LogP contribution in [0.15, 0.2) is 36.7 Å². The largest absolute Gasteiger partial charge is 0.361 e. The zero-order valence-electron chi connectivity index (χ0n) is 10.6. The summed E-state index contributed by atoms with van der Waals surface area (Å²) in [5.74, 6) is 0.218. The highest BCUT2D eigenvalue weighted by atomic mass is 16.3. The smallest absolute Gasteiger partial charge is 0.257 e. The van der Waals surface area contributed by atoms with Crippen molar-refractivity contribution in [3.63, 3.8) is 0 Å². The van der Waals surface area contributed by atoms with Crippen molar-refractivity contribution in [3.8, 4) is 0 Å². The molecule has 1 aromatic heterocycles. The van der Waals surface area contributed by atoms with Gasteiger partial charge in [-0.1, -0.05) is 25.1 Å². The Labute approximate surface area is 110 Å². The van der Waals surface area contributed by atoms with Crippen LogP contribution < -0.4 is 0 Å². The Morgan fingerprint density at radius 1 is 1.42 bits per heavy atom. The average molecular weight is 257 g/mol. The first-order chi connectivity index (χ1) is 9.19. The molecular formula is C14H15N3O2. The molecular weight excluding hydrogens is 242 g/mol. The number of aromatic amines is 1. The monoisotopic (exact) mass is 257 g/mol. The van der Waals surface area contributed by atoms with E-state index in [2.05, 4.69) is 9.97 Å². The van der Waals surface area contributed by atoms with E-state index in [4.69, 9.17) is 0 Å². The minimum atomic E-state index is -1.49. The van der Waals surface area contributed by atoms with Crippen LogP contribution >= 0.6 is 0 Å². The van der Waals surface area contributed by atoms with Crippen LogP contribution in [-0.2, 0) is 5.72 Å². The second-order valence-electron chi connectivity index (χ2n) is 4.61. The third-order valence-corrected chi connectivity index (χ3v) is 3.44. The number of carbonyl (C=O) groups is 1. The number of H-pyrrole nitrogens is 1. The molecule has 0 spiro atoms. The Kier molecular flexibility index (Phi) is 2.64. The lowest BCUT2D eigenvalue weighted by Gasteiger charge is -2.32. The van der Waals surface area contributed by atoms with Gasteiger partial charge in [0.15, 0.2) is 5.82 Å². The van der Waals surface area contributed by atoms with Gasteiger partial charge >= 0.3 is 0 Å². The minimum Gasteiger partial charge on any atom is -0.361 e. The molecule has 0 saturated carbocycles. The molecule has 1 aliphatic rings. The normalized spacial score (nSPS) is 21.8. The number of aromatic nitrogens is 2. The standard InChI is InChI=1S/C14H15N3O2/c1-2-9-17-12(18)10-5-3-4-6-11(10)14(17,19)13-15-7-8-16-13/h3-8,19H,2,9H2,1H3,(H,15,16). The third kappa shape index (κ3) is 1.51. The first-order valence-corrected chi connectivity index (χ1v) is 6.33. The molecule has 2 heterocycles. The van der Waals surface area contributed by atoms with E-state index in [1.165, 1.54) is 4.90 Å². The number of hydrogen-bond acceptors (Lipinski definition) is 3. The van der Waals surface area contributed by atoms with Crippen LogP contribution in [0.5, 0.6) is 0 Å². The first-order valence-electron chi connectivity index (χ1n) is 6.33. The number of fused-ring (bicyclic) bond motifs is 1. The van der Waals surface area contributed by atoms with E-state index in [0.29, 0.717) is 23.5 Å². The molecule has 2 N–H and O–H groups in total. The summed E-state index contributed by atoms with van der Waals surface area (Å²) in [5.41, 5.74) is -0.369. The fourth-order valence-electron chi connectivity index (χ4n) is 2.61. The van der Waals surface area contributed by atoms with Gasteiger partial charge in [-0.05, 0) is 12.5 Å². The van der Waals surface area contributed by atoms with Gasteiger partial charge in [0.2, 0.25) is 5.72 Å². The molecule has 5 nitrogen and oxygen atoms in total. The predicted octanol–water partition coefficient (Wildman–Crippen LogP) is 1.47. The molecule has 1 atom stereocenters. The van der Waals surface area contributed by atoms with E-state index >= 15 is 0 Å². The van der Waals surface area contributed by atoms with Gasteiger partial charge in [0.05, 0.1) is 0 Å². The summed E-state index contributed by atoms with van der Waals surface area (Å²) in [4.78, 5) is 20.9. The molecule has 1 amide bonds. The van der Waals surface area contributed by atoms with E-state index in [1.54, 1.807) is 30.6 Å². The average Bonchev–Trinajstić information content (AvgIpc) is 3.03. The number of rotatable bonds is 3. The van der Waals surface area contributed by atoms with Crippen molar-refractivity contribution in [1.29, 1.82) is 0 Å². The van der Waals surface area contributed by atoms with E-state index < -0.39 is 5.72 Å². The SMILES string of the molecule is CCCN1C(=O)c2ccccc2C1(O)c1ncc[nH]1. The second kappa shape index (κ2) is 4.20. The van der Waals surface area contributed by atoms with Gasteiger partial charge in [-0.25, -0.2) is 4.98 Å². The number of benzene rings is 1. The number of nitrogens with one attached hydrogen (secondary N) is 1. The number of nitrogens with zero attached hydrogens (tertiary/aromatic N) is 2. The lowest BCUT2D eigenvalue weighted by Crippen LogP contribution is -2.45. The maximum Gasteiger partial charge on any atom is 0.257 e. The molecule has 0 saturated heterocycles. The Morgan fingerprint density at radius 3 is 2.89 bits per heavy atom. The third-order valence-electron chi connectivity index (χ3n) is 3.44. The summed E-state index contributed by atoms with van der Waals surface area (Å²) >= 11 is 0. The molecule has 1 aromatic carbocycles. The van der Waals surface area contributed by atoms with E-state index in [-0.39, 0.29) is 5.91 Å². The van der Waals surface area contributed by atoms with Gasteiger partial charge in [-0.2, -0.15) is 0 Å². The van der Waals surface area contributed by atoms with E-state index in [1.807, 2.05) is 13.0 Å². The van der Waals surface area contributed by atoms with Gasteiger partial charge in [0.25, 0.3) is 5.91 Å². The highest BCUT2D eigenvalue weighted by Crippen LogP contribution is 2.40. The van der Waals surface area contributed by atoms with Gasteiger partial charge in [-0.3, -0.25) is 9.69 Å². The zero-order valence-corrected chi connectivity index (χ0v) is 10.6. The van der Waals surface area contributed by atoms with Gasteiger partial charge in [0, 0.05) is 30.1 Å². The van der Waals surface area contributed by atoms with Crippen molar-refractivity contribution in [2.45, 2.75) is 19.1 Å². The molecule has 0 bridgehead atoms. The molecule has 0 fully saturated rings.